The van der Waals surface area contributed by atoms with Crippen LogP contribution in [0, 0.1) is 5.92 Å². The van der Waals surface area contributed by atoms with Gasteiger partial charge in [0.2, 0.25) is 0 Å². The van der Waals surface area contributed by atoms with Crippen molar-refractivity contribution in [3.8, 4) is 11.3 Å². The van der Waals surface area contributed by atoms with E-state index >= 15 is 0 Å². The fourth-order valence-corrected chi connectivity index (χ4v) is 3.15. The molecule has 1 heterocycles. The van der Waals surface area contributed by atoms with Crippen LogP contribution < -0.4 is 5.43 Å². The minimum atomic E-state index is -0.392. The van der Waals surface area contributed by atoms with Crippen LogP contribution in [0.15, 0.2) is 53.6 Å². The number of aromatic nitrogens is 2. The third kappa shape index (κ3) is 5.21. The van der Waals surface area contributed by atoms with Crippen LogP contribution in [0.4, 0.5) is 0 Å². The molecular formula is C21H20Cl2N4O. The molecule has 0 atom stereocenters. The lowest BCUT2D eigenvalue weighted by Gasteiger charge is -2.05. The number of hydrogen-bond acceptors (Lipinski definition) is 3. The molecule has 28 heavy (non-hydrogen) atoms. The van der Waals surface area contributed by atoms with E-state index in [2.05, 4.69) is 46.7 Å². The number of carbonyl (C=O) groups is 1. The molecule has 3 rings (SSSR count). The molecular weight excluding hydrogens is 395 g/mol. The third-order valence-corrected chi connectivity index (χ3v) is 4.61. The molecule has 0 saturated carbocycles. The summed E-state index contributed by atoms with van der Waals surface area (Å²) in [7, 11) is 0. The summed E-state index contributed by atoms with van der Waals surface area (Å²) in [5.74, 6) is 0.214. The summed E-state index contributed by atoms with van der Waals surface area (Å²) in [6.07, 6.45) is 2.49. The maximum absolute atomic E-state index is 12.2. The average molecular weight is 415 g/mol. The molecule has 2 aromatic carbocycles. The molecule has 0 spiro atoms. The average Bonchev–Trinajstić information content (AvgIpc) is 3.14. The molecule has 0 aliphatic rings. The van der Waals surface area contributed by atoms with Gasteiger partial charge < -0.3 is 0 Å². The highest BCUT2D eigenvalue weighted by Gasteiger charge is 2.10. The summed E-state index contributed by atoms with van der Waals surface area (Å²) in [5.41, 5.74) is 6.35. The second kappa shape index (κ2) is 9.04. The molecule has 5 nitrogen and oxygen atoms in total. The van der Waals surface area contributed by atoms with E-state index in [9.17, 15) is 4.79 Å². The first-order chi connectivity index (χ1) is 13.4. The highest BCUT2D eigenvalue weighted by Crippen LogP contribution is 2.20. The molecule has 2 N–H and O–H groups in total. The number of carbonyl (C=O) groups excluding carboxylic acids is 1. The summed E-state index contributed by atoms with van der Waals surface area (Å²) in [6.45, 7) is 4.38. The molecule has 144 valence electrons. The van der Waals surface area contributed by atoms with Crippen LogP contribution >= 0.6 is 23.2 Å². The highest BCUT2D eigenvalue weighted by atomic mass is 35.5. The van der Waals surface area contributed by atoms with E-state index in [1.165, 1.54) is 11.8 Å². The van der Waals surface area contributed by atoms with Gasteiger partial charge in [0.25, 0.3) is 5.91 Å². The van der Waals surface area contributed by atoms with Gasteiger partial charge in [-0.2, -0.15) is 10.2 Å². The summed E-state index contributed by atoms with van der Waals surface area (Å²) >= 11 is 11.9. The predicted molar refractivity (Wildman–Crippen MR) is 114 cm³/mol. The van der Waals surface area contributed by atoms with E-state index in [1.807, 2.05) is 12.1 Å². The van der Waals surface area contributed by atoms with Gasteiger partial charge >= 0.3 is 0 Å². The largest absolute Gasteiger partial charge is 0.289 e. The van der Waals surface area contributed by atoms with Gasteiger partial charge in [0.05, 0.1) is 16.9 Å². The lowest BCUT2D eigenvalue weighted by atomic mass is 10.0. The van der Waals surface area contributed by atoms with E-state index in [-0.39, 0.29) is 0 Å². The lowest BCUT2D eigenvalue weighted by Crippen LogP contribution is -2.18. The maximum Gasteiger partial charge on any atom is 0.289 e. The summed E-state index contributed by atoms with van der Waals surface area (Å²) in [6, 6.07) is 14.9. The van der Waals surface area contributed by atoms with Gasteiger partial charge in [-0.15, -0.1) is 0 Å². The van der Waals surface area contributed by atoms with Crippen molar-refractivity contribution in [1.29, 1.82) is 0 Å². The van der Waals surface area contributed by atoms with Gasteiger partial charge in [-0.1, -0.05) is 67.4 Å². The quantitative estimate of drug-likeness (QED) is 0.421. The SMILES string of the molecule is CC(C)Cc1ccc(-c2cc(C(=O)NN=Cc3ccc(Cl)cc3Cl)[nH]n2)cc1. The summed E-state index contributed by atoms with van der Waals surface area (Å²) in [4.78, 5) is 12.2. The van der Waals surface area contributed by atoms with Crippen LogP contribution in [0.1, 0.15) is 35.5 Å². The predicted octanol–water partition coefficient (Wildman–Crippen LogP) is 5.35. The molecule has 0 fully saturated rings. The Hall–Kier alpha value is -2.63. The zero-order valence-electron chi connectivity index (χ0n) is 15.5. The van der Waals surface area contributed by atoms with E-state index in [1.54, 1.807) is 24.3 Å². The van der Waals surface area contributed by atoms with E-state index in [0.29, 0.717) is 32.9 Å². The van der Waals surface area contributed by atoms with Gasteiger partial charge in [-0.05, 0) is 36.1 Å². The second-order valence-corrected chi connectivity index (χ2v) is 7.67. The number of nitrogens with zero attached hydrogens (tertiary/aromatic N) is 2. The maximum atomic E-state index is 12.2. The Kier molecular flexibility index (Phi) is 6.49. The normalized spacial score (nSPS) is 11.3. The number of amides is 1. The number of H-pyrrole nitrogens is 1. The minimum absolute atomic E-state index is 0.320. The zero-order valence-corrected chi connectivity index (χ0v) is 17.1. The van der Waals surface area contributed by atoms with E-state index in [0.717, 1.165) is 12.0 Å². The Labute approximate surface area is 173 Å². The topological polar surface area (TPSA) is 70.1 Å². The van der Waals surface area contributed by atoms with Crippen LogP contribution in [-0.4, -0.2) is 22.3 Å². The third-order valence-electron chi connectivity index (χ3n) is 4.05. The second-order valence-electron chi connectivity index (χ2n) is 6.83. The number of halogens is 2. The van der Waals surface area contributed by atoms with Gasteiger partial charge in [0.1, 0.15) is 5.69 Å². The number of hydrazone groups is 1. The standard InChI is InChI=1S/C21H20Cl2N4O/c1-13(2)9-14-3-5-15(6-4-14)19-11-20(26-25-19)21(28)27-24-12-16-7-8-17(22)10-18(16)23/h3-8,10-13H,9H2,1-2H3,(H,25,26)(H,27,28). The highest BCUT2D eigenvalue weighted by molar-refractivity contribution is 6.36. The fourth-order valence-electron chi connectivity index (χ4n) is 2.70. The smallest absolute Gasteiger partial charge is 0.272 e. The molecule has 1 aromatic heterocycles. The summed E-state index contributed by atoms with van der Waals surface area (Å²) in [5, 5.41) is 11.9. The number of rotatable bonds is 6. The van der Waals surface area contributed by atoms with Crippen molar-refractivity contribution in [3.05, 3.63) is 75.4 Å². The zero-order chi connectivity index (χ0) is 20.1. The Morgan fingerprint density at radius 3 is 2.61 bits per heavy atom. The Morgan fingerprint density at radius 2 is 1.93 bits per heavy atom. The van der Waals surface area contributed by atoms with Crippen LogP contribution in [0.3, 0.4) is 0 Å². The molecule has 0 saturated heterocycles. The Bertz CT molecular complexity index is 994. The number of aromatic amines is 1. The monoisotopic (exact) mass is 414 g/mol. The van der Waals surface area contributed by atoms with Crippen molar-refractivity contribution in [2.45, 2.75) is 20.3 Å². The van der Waals surface area contributed by atoms with Crippen LogP contribution in [0.5, 0.6) is 0 Å². The number of nitrogens with one attached hydrogen (secondary N) is 2. The first kappa shape index (κ1) is 20.1. The first-order valence-corrected chi connectivity index (χ1v) is 9.61. The number of hydrogen-bond donors (Lipinski definition) is 2. The van der Waals surface area contributed by atoms with Crippen LogP contribution in [-0.2, 0) is 6.42 Å². The molecule has 0 radical (unpaired) electrons. The van der Waals surface area contributed by atoms with Gasteiger partial charge in [-0.25, -0.2) is 5.43 Å². The van der Waals surface area contributed by atoms with Gasteiger partial charge in [-0.3, -0.25) is 9.89 Å². The van der Waals surface area contributed by atoms with Gasteiger partial charge in [0.15, 0.2) is 0 Å². The minimum Gasteiger partial charge on any atom is -0.272 e. The summed E-state index contributed by atoms with van der Waals surface area (Å²) < 4.78 is 0. The molecule has 7 heteroatoms. The van der Waals surface area contributed by atoms with E-state index < -0.39 is 5.91 Å². The van der Waals surface area contributed by atoms with Crippen molar-refractivity contribution < 1.29 is 4.79 Å². The van der Waals surface area contributed by atoms with Crippen molar-refractivity contribution in [2.24, 2.45) is 11.0 Å². The molecule has 0 aliphatic carbocycles. The van der Waals surface area contributed by atoms with Gasteiger partial charge in [0, 0.05) is 16.1 Å². The van der Waals surface area contributed by atoms with Crippen LogP contribution in [0.25, 0.3) is 11.3 Å². The Balaban J connectivity index is 1.64. The fraction of sp³-hybridized carbons (Fsp3) is 0.190. The molecule has 0 unspecified atom stereocenters. The van der Waals surface area contributed by atoms with E-state index in [4.69, 9.17) is 23.2 Å². The molecule has 1 amide bonds. The van der Waals surface area contributed by atoms with Crippen molar-refractivity contribution in [2.75, 3.05) is 0 Å². The molecule has 3 aromatic rings. The van der Waals surface area contributed by atoms with Crippen LogP contribution in [0.2, 0.25) is 10.0 Å². The Morgan fingerprint density at radius 1 is 1.18 bits per heavy atom. The molecule has 0 bridgehead atoms. The van der Waals surface area contributed by atoms with Crippen molar-refractivity contribution in [3.63, 3.8) is 0 Å². The number of benzene rings is 2. The van der Waals surface area contributed by atoms with Crippen molar-refractivity contribution in [1.82, 2.24) is 15.6 Å². The lowest BCUT2D eigenvalue weighted by molar-refractivity contribution is 0.0950. The molecule has 0 aliphatic heterocycles. The first-order valence-electron chi connectivity index (χ1n) is 8.85. The van der Waals surface area contributed by atoms with Crippen molar-refractivity contribution >= 4 is 35.3 Å².